The molecular weight excluding hydrogens is 338 g/mol. The zero-order valence-corrected chi connectivity index (χ0v) is 19.8. The molecule has 0 aliphatic carbocycles. The van der Waals surface area contributed by atoms with Crippen LogP contribution in [0.4, 0.5) is 0 Å². The van der Waals surface area contributed by atoms with Crippen molar-refractivity contribution in [3.05, 3.63) is 11.8 Å². The zero-order chi connectivity index (χ0) is 20.1. The predicted molar refractivity (Wildman–Crippen MR) is 128 cm³/mol. The minimum Gasteiger partial charge on any atom is -0.375 e. The molecular formula is C27H53N. The predicted octanol–water partition coefficient (Wildman–Crippen LogP) is 9.42. The zero-order valence-electron chi connectivity index (χ0n) is 19.8. The molecule has 0 saturated heterocycles. The largest absolute Gasteiger partial charge is 0.375 e. The van der Waals surface area contributed by atoms with Crippen LogP contribution in [0.3, 0.4) is 0 Å². The Morgan fingerprint density at radius 1 is 0.571 bits per heavy atom. The van der Waals surface area contributed by atoms with Gasteiger partial charge in [-0.15, -0.1) is 0 Å². The molecule has 0 unspecified atom stereocenters. The van der Waals surface area contributed by atoms with E-state index in [9.17, 15) is 0 Å². The van der Waals surface area contributed by atoms with Crippen LogP contribution in [0.2, 0.25) is 0 Å². The summed E-state index contributed by atoms with van der Waals surface area (Å²) in [7, 11) is 0. The smallest absolute Gasteiger partial charge is 0.0210 e. The van der Waals surface area contributed by atoms with E-state index in [2.05, 4.69) is 24.8 Å². The number of rotatable bonds is 21. The fourth-order valence-electron chi connectivity index (χ4n) is 4.58. The first-order valence-corrected chi connectivity index (χ1v) is 13.3. The Kier molecular flexibility index (Phi) is 18.1. The molecule has 0 saturated carbocycles. The second-order valence-electron chi connectivity index (χ2n) is 9.34. The van der Waals surface area contributed by atoms with Crippen LogP contribution in [0.25, 0.3) is 0 Å². The van der Waals surface area contributed by atoms with Gasteiger partial charge >= 0.3 is 0 Å². The fourth-order valence-corrected chi connectivity index (χ4v) is 4.58. The van der Waals surface area contributed by atoms with E-state index < -0.39 is 0 Å². The van der Waals surface area contributed by atoms with Crippen molar-refractivity contribution < 1.29 is 0 Å². The Morgan fingerprint density at radius 3 is 1.25 bits per heavy atom. The van der Waals surface area contributed by atoms with Gasteiger partial charge in [-0.1, -0.05) is 135 Å². The summed E-state index contributed by atoms with van der Waals surface area (Å²) in [4.78, 5) is 2.56. The number of hydrogen-bond donors (Lipinski definition) is 0. The number of nitrogens with zero attached hydrogens (tertiary/aromatic N) is 1. The summed E-state index contributed by atoms with van der Waals surface area (Å²) >= 11 is 0. The van der Waals surface area contributed by atoms with E-state index in [1.165, 1.54) is 154 Å². The van der Waals surface area contributed by atoms with Crippen molar-refractivity contribution >= 4 is 0 Å². The quantitative estimate of drug-likeness (QED) is 0.176. The Morgan fingerprint density at radius 2 is 0.929 bits per heavy atom. The maximum absolute atomic E-state index is 2.56. The van der Waals surface area contributed by atoms with E-state index in [0.29, 0.717) is 0 Å². The van der Waals surface area contributed by atoms with E-state index >= 15 is 0 Å². The molecule has 0 radical (unpaired) electrons. The van der Waals surface area contributed by atoms with Crippen LogP contribution < -0.4 is 0 Å². The molecule has 1 nitrogen and oxygen atoms in total. The number of hydrogen-bond acceptors (Lipinski definition) is 1. The first-order chi connectivity index (χ1) is 13.8. The van der Waals surface area contributed by atoms with Gasteiger partial charge in [0.25, 0.3) is 0 Å². The first-order valence-electron chi connectivity index (χ1n) is 13.3. The Labute approximate surface area is 178 Å². The van der Waals surface area contributed by atoms with Crippen molar-refractivity contribution in [1.82, 2.24) is 4.90 Å². The minimum atomic E-state index is 1.27. The van der Waals surface area contributed by atoms with Gasteiger partial charge in [0.2, 0.25) is 0 Å². The van der Waals surface area contributed by atoms with Crippen molar-refractivity contribution in [3.63, 3.8) is 0 Å². The summed E-state index contributed by atoms with van der Waals surface area (Å²) in [5, 5.41) is 0. The molecule has 1 aliphatic heterocycles. The summed E-state index contributed by atoms with van der Waals surface area (Å²) in [6.07, 6.45) is 33.0. The highest BCUT2D eigenvalue weighted by atomic mass is 15.1. The molecule has 1 heterocycles. The van der Waals surface area contributed by atoms with Crippen LogP contribution >= 0.6 is 0 Å². The van der Waals surface area contributed by atoms with Crippen LogP contribution in [-0.2, 0) is 0 Å². The van der Waals surface area contributed by atoms with Gasteiger partial charge in [0.05, 0.1) is 0 Å². The van der Waals surface area contributed by atoms with Crippen molar-refractivity contribution in [2.75, 3.05) is 13.1 Å². The number of allylic oxidation sites excluding steroid dienone is 1. The monoisotopic (exact) mass is 391 g/mol. The minimum absolute atomic E-state index is 1.27. The molecule has 0 N–H and O–H groups in total. The molecule has 0 aromatic carbocycles. The lowest BCUT2D eigenvalue weighted by molar-refractivity contribution is 0.362. The third-order valence-corrected chi connectivity index (χ3v) is 6.62. The van der Waals surface area contributed by atoms with Crippen LogP contribution in [0.1, 0.15) is 149 Å². The molecule has 0 aromatic heterocycles. The molecule has 0 bridgehead atoms. The highest BCUT2D eigenvalue weighted by Gasteiger charge is 2.09. The van der Waals surface area contributed by atoms with Gasteiger partial charge in [0, 0.05) is 18.8 Å². The van der Waals surface area contributed by atoms with Crippen LogP contribution in [-0.4, -0.2) is 18.0 Å². The average molecular weight is 392 g/mol. The SMILES string of the molecule is CCCCCCCCCCCCCCCCCCCCCCN1CCC=C1C. The molecule has 0 atom stereocenters. The maximum atomic E-state index is 2.56. The van der Waals surface area contributed by atoms with Gasteiger partial charge in [-0.2, -0.15) is 0 Å². The van der Waals surface area contributed by atoms with Crippen molar-refractivity contribution in [3.8, 4) is 0 Å². The molecule has 166 valence electrons. The molecule has 1 aliphatic rings. The lowest BCUT2D eigenvalue weighted by atomic mass is 10.0. The van der Waals surface area contributed by atoms with E-state index in [-0.39, 0.29) is 0 Å². The lowest BCUT2D eigenvalue weighted by Crippen LogP contribution is -2.19. The molecule has 1 heteroatoms. The van der Waals surface area contributed by atoms with Gasteiger partial charge in [0.15, 0.2) is 0 Å². The van der Waals surface area contributed by atoms with Crippen LogP contribution in [0, 0.1) is 0 Å². The van der Waals surface area contributed by atoms with Gasteiger partial charge in [-0.3, -0.25) is 0 Å². The summed E-state index contributed by atoms with van der Waals surface area (Å²) in [6.45, 7) is 7.13. The second kappa shape index (κ2) is 19.8. The van der Waals surface area contributed by atoms with Crippen molar-refractivity contribution in [2.24, 2.45) is 0 Å². The third-order valence-electron chi connectivity index (χ3n) is 6.62. The highest BCUT2D eigenvalue weighted by Crippen LogP contribution is 2.17. The van der Waals surface area contributed by atoms with Gasteiger partial charge in [-0.05, 0) is 19.8 Å². The molecule has 0 fully saturated rings. The molecule has 0 amide bonds. The van der Waals surface area contributed by atoms with Crippen molar-refractivity contribution in [2.45, 2.75) is 149 Å². The summed E-state index contributed by atoms with van der Waals surface area (Å²) in [5.74, 6) is 0. The third kappa shape index (κ3) is 15.5. The van der Waals surface area contributed by atoms with Crippen LogP contribution in [0.5, 0.6) is 0 Å². The van der Waals surface area contributed by atoms with E-state index in [4.69, 9.17) is 0 Å². The lowest BCUT2D eigenvalue weighted by Gasteiger charge is -2.19. The summed E-state index contributed by atoms with van der Waals surface area (Å²) in [5.41, 5.74) is 1.51. The van der Waals surface area contributed by atoms with Crippen molar-refractivity contribution in [1.29, 1.82) is 0 Å². The molecule has 0 spiro atoms. The standard InChI is InChI=1S/C27H53N/c1-3-4-5-6-7-8-9-10-11-12-13-14-15-16-17-18-19-20-21-22-25-28-26-23-24-27(28)2/h24H,3-23,25-26H2,1-2H3. The molecule has 28 heavy (non-hydrogen) atoms. The number of unbranched alkanes of at least 4 members (excludes halogenated alkanes) is 19. The van der Waals surface area contributed by atoms with Gasteiger partial charge < -0.3 is 4.90 Å². The Balaban J connectivity index is 1.65. The fraction of sp³-hybridized carbons (Fsp3) is 0.926. The normalized spacial score (nSPS) is 14.1. The van der Waals surface area contributed by atoms with E-state index in [1.54, 1.807) is 0 Å². The second-order valence-corrected chi connectivity index (χ2v) is 9.34. The Hall–Kier alpha value is -0.460. The maximum Gasteiger partial charge on any atom is 0.0210 e. The van der Waals surface area contributed by atoms with E-state index in [0.717, 1.165) is 0 Å². The topological polar surface area (TPSA) is 3.24 Å². The Bertz CT molecular complexity index is 346. The van der Waals surface area contributed by atoms with Crippen LogP contribution in [0.15, 0.2) is 11.8 Å². The summed E-state index contributed by atoms with van der Waals surface area (Å²) < 4.78 is 0. The van der Waals surface area contributed by atoms with Gasteiger partial charge in [0.1, 0.15) is 0 Å². The molecule has 1 rings (SSSR count). The first kappa shape index (κ1) is 25.6. The van der Waals surface area contributed by atoms with E-state index in [1.807, 2.05) is 0 Å². The molecule has 0 aromatic rings. The van der Waals surface area contributed by atoms with Gasteiger partial charge in [-0.25, -0.2) is 0 Å². The highest BCUT2D eigenvalue weighted by molar-refractivity contribution is 5.03. The summed E-state index contributed by atoms with van der Waals surface area (Å²) in [6, 6.07) is 0. The average Bonchev–Trinajstić information content (AvgIpc) is 3.11.